The number of nitrogens with one attached hydrogen (secondary N) is 1. The highest BCUT2D eigenvalue weighted by Gasteiger charge is 2.28. The van der Waals surface area contributed by atoms with Crippen molar-refractivity contribution in [1.82, 2.24) is 4.72 Å². The van der Waals surface area contributed by atoms with Crippen LogP contribution in [0.4, 0.5) is 0 Å². The molecule has 0 saturated heterocycles. The monoisotopic (exact) mass is 282 g/mol. The van der Waals surface area contributed by atoms with E-state index in [9.17, 15) is 8.42 Å². The van der Waals surface area contributed by atoms with Crippen molar-refractivity contribution in [2.75, 3.05) is 6.54 Å². The Morgan fingerprint density at radius 1 is 1.32 bits per heavy atom. The Kier molecular flexibility index (Phi) is 4.60. The third kappa shape index (κ3) is 4.03. The SMILES string of the molecule is CCCNS(=O)(=O)c1ccc(CC(N)C2CC2)cc1. The Labute approximate surface area is 115 Å². The van der Waals surface area contributed by atoms with E-state index < -0.39 is 10.0 Å². The van der Waals surface area contributed by atoms with Crippen LogP contribution in [0.2, 0.25) is 0 Å². The molecule has 19 heavy (non-hydrogen) atoms. The molecule has 106 valence electrons. The lowest BCUT2D eigenvalue weighted by molar-refractivity contribution is 0.580. The van der Waals surface area contributed by atoms with Crippen molar-refractivity contribution in [2.45, 2.75) is 43.5 Å². The van der Waals surface area contributed by atoms with E-state index in [4.69, 9.17) is 5.73 Å². The first-order chi connectivity index (χ1) is 9.03. The van der Waals surface area contributed by atoms with Crippen LogP contribution in [0.25, 0.3) is 0 Å². The van der Waals surface area contributed by atoms with Crippen molar-refractivity contribution in [2.24, 2.45) is 11.7 Å². The Hall–Kier alpha value is -0.910. The fraction of sp³-hybridized carbons (Fsp3) is 0.571. The summed E-state index contributed by atoms with van der Waals surface area (Å²) in [6, 6.07) is 7.26. The molecule has 0 aromatic heterocycles. The normalized spacial score (nSPS) is 17.4. The average molecular weight is 282 g/mol. The molecular weight excluding hydrogens is 260 g/mol. The molecule has 2 rings (SSSR count). The Morgan fingerprint density at radius 3 is 2.47 bits per heavy atom. The van der Waals surface area contributed by atoms with E-state index in [-0.39, 0.29) is 6.04 Å². The van der Waals surface area contributed by atoms with Gasteiger partial charge in [0.05, 0.1) is 4.90 Å². The van der Waals surface area contributed by atoms with Gasteiger partial charge in [0.2, 0.25) is 10.0 Å². The molecule has 1 unspecified atom stereocenters. The van der Waals surface area contributed by atoms with Gasteiger partial charge in [0.25, 0.3) is 0 Å². The van der Waals surface area contributed by atoms with Gasteiger partial charge in [-0.05, 0) is 49.3 Å². The molecular formula is C14H22N2O2S. The van der Waals surface area contributed by atoms with Gasteiger partial charge in [0.1, 0.15) is 0 Å². The molecule has 3 N–H and O–H groups in total. The molecule has 0 radical (unpaired) electrons. The molecule has 1 aliphatic carbocycles. The first kappa shape index (κ1) is 14.5. The van der Waals surface area contributed by atoms with E-state index in [1.54, 1.807) is 12.1 Å². The lowest BCUT2D eigenvalue weighted by Crippen LogP contribution is -2.25. The van der Waals surface area contributed by atoms with Crippen LogP contribution < -0.4 is 10.5 Å². The Balaban J connectivity index is 2.01. The summed E-state index contributed by atoms with van der Waals surface area (Å²) in [5.41, 5.74) is 7.18. The van der Waals surface area contributed by atoms with E-state index in [2.05, 4.69) is 4.72 Å². The van der Waals surface area contributed by atoms with Crippen LogP contribution >= 0.6 is 0 Å². The van der Waals surface area contributed by atoms with Crippen LogP contribution in [-0.4, -0.2) is 21.0 Å². The van der Waals surface area contributed by atoms with Gasteiger partial charge in [-0.25, -0.2) is 13.1 Å². The van der Waals surface area contributed by atoms with Gasteiger partial charge in [-0.2, -0.15) is 0 Å². The zero-order chi connectivity index (χ0) is 13.9. The third-order valence-electron chi connectivity index (χ3n) is 3.47. The molecule has 0 aliphatic heterocycles. The van der Waals surface area contributed by atoms with Crippen molar-refractivity contribution in [1.29, 1.82) is 0 Å². The molecule has 0 bridgehead atoms. The van der Waals surface area contributed by atoms with E-state index in [1.165, 1.54) is 12.8 Å². The maximum absolute atomic E-state index is 11.9. The van der Waals surface area contributed by atoms with Crippen molar-refractivity contribution < 1.29 is 8.42 Å². The standard InChI is InChI=1S/C14H22N2O2S/c1-2-9-16-19(17,18)13-7-3-11(4-8-13)10-14(15)12-5-6-12/h3-4,7-8,12,14,16H,2,5-6,9-10,15H2,1H3. The summed E-state index contributed by atoms with van der Waals surface area (Å²) in [4.78, 5) is 0.324. The summed E-state index contributed by atoms with van der Waals surface area (Å²) in [7, 11) is -3.35. The van der Waals surface area contributed by atoms with Crippen LogP contribution in [0.3, 0.4) is 0 Å². The lowest BCUT2D eigenvalue weighted by Gasteiger charge is -2.11. The van der Waals surface area contributed by atoms with Crippen LogP contribution in [0, 0.1) is 5.92 Å². The number of sulfonamides is 1. The van der Waals surface area contributed by atoms with Gasteiger partial charge in [0, 0.05) is 12.6 Å². The largest absolute Gasteiger partial charge is 0.327 e. The Morgan fingerprint density at radius 2 is 1.95 bits per heavy atom. The summed E-state index contributed by atoms with van der Waals surface area (Å²) in [6.07, 6.45) is 4.07. The highest BCUT2D eigenvalue weighted by atomic mass is 32.2. The topological polar surface area (TPSA) is 72.2 Å². The zero-order valence-electron chi connectivity index (χ0n) is 11.3. The van der Waals surface area contributed by atoms with E-state index in [1.807, 2.05) is 19.1 Å². The molecule has 0 heterocycles. The predicted octanol–water partition coefficient (Wildman–Crippen LogP) is 1.65. The molecule has 1 aromatic rings. The number of rotatable bonds is 7. The molecule has 1 atom stereocenters. The zero-order valence-corrected chi connectivity index (χ0v) is 12.1. The number of benzene rings is 1. The molecule has 5 heteroatoms. The third-order valence-corrected chi connectivity index (χ3v) is 4.95. The first-order valence-corrected chi connectivity index (χ1v) is 8.35. The summed E-state index contributed by atoms with van der Waals surface area (Å²) in [6.45, 7) is 2.40. The summed E-state index contributed by atoms with van der Waals surface area (Å²) < 4.78 is 26.4. The molecule has 1 fully saturated rings. The summed E-state index contributed by atoms with van der Waals surface area (Å²) >= 11 is 0. The summed E-state index contributed by atoms with van der Waals surface area (Å²) in [5.74, 6) is 0.662. The van der Waals surface area contributed by atoms with Crippen molar-refractivity contribution in [3.63, 3.8) is 0 Å². The highest BCUT2D eigenvalue weighted by Crippen LogP contribution is 2.32. The average Bonchev–Trinajstić information content (AvgIpc) is 3.21. The molecule has 0 spiro atoms. The lowest BCUT2D eigenvalue weighted by atomic mass is 10.0. The Bertz CT molecular complexity index is 507. The van der Waals surface area contributed by atoms with Crippen LogP contribution in [-0.2, 0) is 16.4 Å². The minimum absolute atomic E-state index is 0.209. The maximum Gasteiger partial charge on any atom is 0.240 e. The fourth-order valence-electron chi connectivity index (χ4n) is 2.09. The van der Waals surface area contributed by atoms with Gasteiger partial charge in [0.15, 0.2) is 0 Å². The van der Waals surface area contributed by atoms with Crippen LogP contribution in [0.15, 0.2) is 29.2 Å². The van der Waals surface area contributed by atoms with Gasteiger partial charge < -0.3 is 5.73 Å². The molecule has 0 amide bonds. The molecule has 1 aliphatic rings. The van der Waals surface area contributed by atoms with Crippen LogP contribution in [0.5, 0.6) is 0 Å². The minimum atomic E-state index is -3.35. The van der Waals surface area contributed by atoms with Crippen LogP contribution in [0.1, 0.15) is 31.7 Å². The van der Waals surface area contributed by atoms with Gasteiger partial charge in [-0.3, -0.25) is 0 Å². The second-order valence-electron chi connectivity index (χ2n) is 5.25. The van der Waals surface area contributed by atoms with E-state index in [0.717, 1.165) is 18.4 Å². The van der Waals surface area contributed by atoms with Crippen molar-refractivity contribution in [3.05, 3.63) is 29.8 Å². The highest BCUT2D eigenvalue weighted by molar-refractivity contribution is 7.89. The first-order valence-electron chi connectivity index (χ1n) is 6.87. The fourth-order valence-corrected chi connectivity index (χ4v) is 3.22. The van der Waals surface area contributed by atoms with E-state index >= 15 is 0 Å². The minimum Gasteiger partial charge on any atom is -0.327 e. The van der Waals surface area contributed by atoms with Gasteiger partial charge in [-0.15, -0.1) is 0 Å². The smallest absolute Gasteiger partial charge is 0.240 e. The number of hydrogen-bond acceptors (Lipinski definition) is 3. The second kappa shape index (κ2) is 6.03. The quantitative estimate of drug-likeness (QED) is 0.799. The van der Waals surface area contributed by atoms with Crippen molar-refractivity contribution in [3.8, 4) is 0 Å². The van der Waals surface area contributed by atoms with Gasteiger partial charge in [-0.1, -0.05) is 19.1 Å². The predicted molar refractivity (Wildman–Crippen MR) is 76.3 cm³/mol. The number of nitrogens with two attached hydrogens (primary N) is 1. The van der Waals surface area contributed by atoms with Gasteiger partial charge >= 0.3 is 0 Å². The molecule has 4 nitrogen and oxygen atoms in total. The molecule has 1 aromatic carbocycles. The second-order valence-corrected chi connectivity index (χ2v) is 7.01. The van der Waals surface area contributed by atoms with E-state index in [0.29, 0.717) is 17.4 Å². The molecule has 1 saturated carbocycles. The summed E-state index contributed by atoms with van der Waals surface area (Å²) in [5, 5.41) is 0. The van der Waals surface area contributed by atoms with Crippen molar-refractivity contribution >= 4 is 10.0 Å². The maximum atomic E-state index is 11.9. The number of hydrogen-bond donors (Lipinski definition) is 2.